The molecule has 1 N–H and O–H groups in total. The van der Waals surface area contributed by atoms with Crippen LogP contribution in [0.25, 0.3) is 0 Å². The summed E-state index contributed by atoms with van der Waals surface area (Å²) >= 11 is 1.58. The largest absolute Gasteiger partial charge is 0.325 e. The van der Waals surface area contributed by atoms with Crippen LogP contribution in [0.2, 0.25) is 0 Å². The Kier molecular flexibility index (Phi) is 5.67. The molecule has 5 heteroatoms. The van der Waals surface area contributed by atoms with Gasteiger partial charge in [-0.25, -0.2) is 0 Å². The number of nitrogens with zero attached hydrogens (tertiary/aromatic N) is 1. The minimum atomic E-state index is -0.168. The van der Waals surface area contributed by atoms with Gasteiger partial charge in [-0.1, -0.05) is 66.2 Å². The number of amides is 2. The Morgan fingerprint density at radius 3 is 2.45 bits per heavy atom. The van der Waals surface area contributed by atoms with Crippen LogP contribution >= 0.6 is 11.8 Å². The predicted octanol–water partition coefficient (Wildman–Crippen LogP) is 4.95. The first-order valence-corrected chi connectivity index (χ1v) is 10.6. The van der Waals surface area contributed by atoms with Crippen molar-refractivity contribution < 1.29 is 9.59 Å². The zero-order chi connectivity index (χ0) is 20.2. The summed E-state index contributed by atoms with van der Waals surface area (Å²) in [4.78, 5) is 27.1. The quantitative estimate of drug-likeness (QED) is 0.657. The number of nitrogens with one attached hydrogen (secondary N) is 1. The van der Waals surface area contributed by atoms with E-state index in [1.165, 1.54) is 0 Å². The Hall–Kier alpha value is -3.05. The maximum absolute atomic E-state index is 12.6. The number of hydrogen-bond donors (Lipinski definition) is 1. The number of para-hydroxylation sites is 1. The molecule has 29 heavy (non-hydrogen) atoms. The topological polar surface area (TPSA) is 49.4 Å². The highest BCUT2D eigenvalue weighted by Crippen LogP contribution is 2.44. The third kappa shape index (κ3) is 4.35. The van der Waals surface area contributed by atoms with E-state index in [9.17, 15) is 9.59 Å². The second-order valence-corrected chi connectivity index (χ2v) is 8.13. The lowest BCUT2D eigenvalue weighted by molar-refractivity contribution is -0.116. The first kappa shape index (κ1) is 19.3. The summed E-state index contributed by atoms with van der Waals surface area (Å²) in [6.45, 7) is 2.03. The van der Waals surface area contributed by atoms with E-state index in [0.29, 0.717) is 12.2 Å². The molecule has 4 rings (SSSR count). The molecule has 1 atom stereocenters. The van der Waals surface area contributed by atoms with Crippen LogP contribution in [0.5, 0.6) is 0 Å². The molecule has 0 radical (unpaired) electrons. The Morgan fingerprint density at radius 2 is 1.69 bits per heavy atom. The maximum atomic E-state index is 12.6. The summed E-state index contributed by atoms with van der Waals surface area (Å²) in [6.07, 6.45) is 0.313. The van der Waals surface area contributed by atoms with Gasteiger partial charge < -0.3 is 5.32 Å². The standard InChI is InChI=1S/C24H22N2O2S/c1-17-11-13-19(14-12-17)26-23(28)16-29-24(26)20-9-5-6-10-21(20)25-22(27)15-18-7-3-2-4-8-18/h2-14,24H,15-16H2,1H3,(H,25,27). The molecule has 1 saturated heterocycles. The molecular formula is C24H22N2O2S. The Labute approximate surface area is 174 Å². The average molecular weight is 403 g/mol. The molecule has 1 aliphatic rings. The molecule has 146 valence electrons. The number of anilines is 2. The molecule has 0 aromatic heterocycles. The van der Waals surface area contributed by atoms with E-state index in [0.717, 1.165) is 28.1 Å². The second-order valence-electron chi connectivity index (χ2n) is 7.06. The van der Waals surface area contributed by atoms with Crippen LogP contribution in [0.15, 0.2) is 78.9 Å². The van der Waals surface area contributed by atoms with Crippen molar-refractivity contribution in [2.24, 2.45) is 0 Å². The van der Waals surface area contributed by atoms with E-state index in [4.69, 9.17) is 0 Å². The SMILES string of the molecule is Cc1ccc(N2C(=O)CSC2c2ccccc2NC(=O)Cc2ccccc2)cc1. The smallest absolute Gasteiger partial charge is 0.238 e. The van der Waals surface area contributed by atoms with Crippen LogP contribution in [0.4, 0.5) is 11.4 Å². The van der Waals surface area contributed by atoms with Gasteiger partial charge in [0.05, 0.1) is 12.2 Å². The van der Waals surface area contributed by atoms with Crippen molar-refractivity contribution in [2.75, 3.05) is 16.0 Å². The van der Waals surface area contributed by atoms with Gasteiger partial charge in [0.1, 0.15) is 5.37 Å². The molecule has 0 saturated carbocycles. The summed E-state index contributed by atoms with van der Waals surface area (Å²) in [5.74, 6) is 0.430. The molecule has 1 aliphatic heterocycles. The van der Waals surface area contributed by atoms with Gasteiger partial charge >= 0.3 is 0 Å². The van der Waals surface area contributed by atoms with Crippen LogP contribution in [0, 0.1) is 6.92 Å². The molecule has 1 fully saturated rings. The first-order valence-electron chi connectivity index (χ1n) is 9.55. The number of thioether (sulfide) groups is 1. The minimum Gasteiger partial charge on any atom is -0.325 e. The third-order valence-electron chi connectivity index (χ3n) is 4.89. The number of benzene rings is 3. The molecule has 2 amide bonds. The average Bonchev–Trinajstić information content (AvgIpc) is 3.11. The van der Waals surface area contributed by atoms with E-state index < -0.39 is 0 Å². The van der Waals surface area contributed by atoms with E-state index in [-0.39, 0.29) is 17.2 Å². The van der Waals surface area contributed by atoms with Crippen molar-refractivity contribution >= 4 is 35.0 Å². The molecule has 0 bridgehead atoms. The summed E-state index contributed by atoms with van der Waals surface area (Å²) in [6, 6.07) is 25.4. The lowest BCUT2D eigenvalue weighted by Crippen LogP contribution is -2.28. The van der Waals surface area contributed by atoms with E-state index in [1.807, 2.05) is 90.7 Å². The zero-order valence-electron chi connectivity index (χ0n) is 16.2. The van der Waals surface area contributed by atoms with Gasteiger partial charge in [-0.15, -0.1) is 11.8 Å². The van der Waals surface area contributed by atoms with Gasteiger partial charge in [0.2, 0.25) is 11.8 Å². The van der Waals surface area contributed by atoms with Gasteiger partial charge in [-0.3, -0.25) is 14.5 Å². The second kappa shape index (κ2) is 8.53. The molecule has 3 aromatic carbocycles. The van der Waals surface area contributed by atoms with Gasteiger partial charge in [-0.05, 0) is 30.7 Å². The van der Waals surface area contributed by atoms with Crippen molar-refractivity contribution in [3.8, 4) is 0 Å². The zero-order valence-corrected chi connectivity index (χ0v) is 17.0. The molecule has 1 unspecified atom stereocenters. The van der Waals surface area contributed by atoms with Crippen LogP contribution in [-0.2, 0) is 16.0 Å². The number of rotatable bonds is 5. The Morgan fingerprint density at radius 1 is 1.00 bits per heavy atom. The van der Waals surface area contributed by atoms with Gasteiger partial charge in [-0.2, -0.15) is 0 Å². The third-order valence-corrected chi connectivity index (χ3v) is 6.08. The lowest BCUT2D eigenvalue weighted by Gasteiger charge is -2.26. The van der Waals surface area contributed by atoms with Crippen molar-refractivity contribution in [2.45, 2.75) is 18.7 Å². The summed E-state index contributed by atoms with van der Waals surface area (Å²) in [5, 5.41) is 2.87. The fourth-order valence-electron chi connectivity index (χ4n) is 3.44. The van der Waals surface area contributed by atoms with Gasteiger partial charge in [0.15, 0.2) is 0 Å². The van der Waals surface area contributed by atoms with Crippen LogP contribution in [0.3, 0.4) is 0 Å². The van der Waals surface area contributed by atoms with Crippen molar-refractivity contribution in [1.82, 2.24) is 0 Å². The number of carbonyl (C=O) groups excluding carboxylic acids is 2. The molecule has 0 aliphatic carbocycles. The summed E-state index contributed by atoms with van der Waals surface area (Å²) < 4.78 is 0. The number of hydrogen-bond acceptors (Lipinski definition) is 3. The van der Waals surface area contributed by atoms with Gasteiger partial charge in [0.25, 0.3) is 0 Å². The normalized spacial score (nSPS) is 16.1. The minimum absolute atomic E-state index is 0.0696. The highest BCUT2D eigenvalue weighted by atomic mass is 32.2. The van der Waals surface area contributed by atoms with Crippen LogP contribution in [0.1, 0.15) is 22.1 Å². The van der Waals surface area contributed by atoms with Crippen LogP contribution < -0.4 is 10.2 Å². The number of aryl methyl sites for hydroxylation is 1. The number of carbonyl (C=O) groups is 2. The lowest BCUT2D eigenvalue weighted by atomic mass is 10.1. The molecular weight excluding hydrogens is 380 g/mol. The van der Waals surface area contributed by atoms with Crippen molar-refractivity contribution in [1.29, 1.82) is 0 Å². The highest BCUT2D eigenvalue weighted by molar-refractivity contribution is 8.00. The van der Waals surface area contributed by atoms with E-state index in [1.54, 1.807) is 11.8 Å². The molecule has 3 aromatic rings. The first-order chi connectivity index (χ1) is 14.1. The van der Waals surface area contributed by atoms with E-state index in [2.05, 4.69) is 5.32 Å². The molecule has 1 heterocycles. The molecule has 4 nitrogen and oxygen atoms in total. The van der Waals surface area contributed by atoms with Gasteiger partial charge in [0, 0.05) is 16.9 Å². The Balaban J connectivity index is 1.59. The molecule has 0 spiro atoms. The summed E-state index contributed by atoms with van der Waals surface area (Å²) in [7, 11) is 0. The van der Waals surface area contributed by atoms with Crippen molar-refractivity contribution in [3.63, 3.8) is 0 Å². The van der Waals surface area contributed by atoms with E-state index >= 15 is 0 Å². The monoisotopic (exact) mass is 402 g/mol. The maximum Gasteiger partial charge on any atom is 0.238 e. The van der Waals surface area contributed by atoms with Crippen LogP contribution in [-0.4, -0.2) is 17.6 Å². The predicted molar refractivity (Wildman–Crippen MR) is 119 cm³/mol. The fraction of sp³-hybridized carbons (Fsp3) is 0.167. The van der Waals surface area contributed by atoms with Crippen molar-refractivity contribution in [3.05, 3.63) is 95.6 Å². The fourth-order valence-corrected chi connectivity index (χ4v) is 4.65. The Bertz CT molecular complexity index is 1020. The summed E-state index contributed by atoms with van der Waals surface area (Å²) in [5.41, 5.74) is 4.68. The highest BCUT2D eigenvalue weighted by Gasteiger charge is 2.35.